The van der Waals surface area contributed by atoms with E-state index < -0.39 is 6.16 Å². The van der Waals surface area contributed by atoms with Crippen molar-refractivity contribution in [2.45, 2.75) is 58.3 Å². The van der Waals surface area contributed by atoms with Crippen LogP contribution in [0, 0.1) is 11.8 Å². The Morgan fingerprint density at radius 2 is 1.65 bits per heavy atom. The van der Waals surface area contributed by atoms with Crippen LogP contribution in [0.4, 0.5) is 4.79 Å². The van der Waals surface area contributed by atoms with E-state index in [-0.39, 0.29) is 18.4 Å². The monoisotopic (exact) mass is 430 g/mol. The molecule has 0 aromatic heterocycles. The lowest BCUT2D eigenvalue weighted by Gasteiger charge is -2.32. The van der Waals surface area contributed by atoms with Crippen molar-refractivity contribution < 1.29 is 23.9 Å². The van der Waals surface area contributed by atoms with Gasteiger partial charge in [0.1, 0.15) is 5.75 Å². The first-order chi connectivity index (χ1) is 15.0. The number of carbonyl (C=O) groups excluding carboxylic acids is 3. The molecule has 3 rings (SSSR count). The number of hydrogen-bond donors (Lipinski definition) is 1. The quantitative estimate of drug-likeness (QED) is 0.519. The van der Waals surface area contributed by atoms with Crippen molar-refractivity contribution in [2.75, 3.05) is 26.2 Å². The van der Waals surface area contributed by atoms with Crippen molar-refractivity contribution in [3.63, 3.8) is 0 Å². The molecule has 0 radical (unpaired) electrons. The zero-order valence-electron chi connectivity index (χ0n) is 18.4. The molecule has 2 amide bonds. The summed E-state index contributed by atoms with van der Waals surface area (Å²) in [6.07, 6.45) is 7.87. The lowest BCUT2D eigenvalue weighted by atomic mass is 9.87. The Morgan fingerprint density at radius 1 is 0.968 bits per heavy atom. The van der Waals surface area contributed by atoms with Crippen LogP contribution >= 0.6 is 0 Å². The minimum atomic E-state index is -0.755. The number of amides is 2. The van der Waals surface area contributed by atoms with Crippen molar-refractivity contribution in [3.05, 3.63) is 29.8 Å². The van der Waals surface area contributed by atoms with Gasteiger partial charge in [-0.15, -0.1) is 0 Å². The Hall–Kier alpha value is -2.57. The molecule has 1 heterocycles. The molecule has 0 atom stereocenters. The molecule has 7 nitrogen and oxygen atoms in total. The molecular weight excluding hydrogens is 396 g/mol. The van der Waals surface area contributed by atoms with Gasteiger partial charge in [0.25, 0.3) is 5.91 Å². The summed E-state index contributed by atoms with van der Waals surface area (Å²) in [6.45, 7) is 4.02. The number of likely N-dealkylation sites (tertiary alicyclic amines) is 1. The highest BCUT2D eigenvalue weighted by atomic mass is 16.7. The first-order valence-electron chi connectivity index (χ1n) is 11.6. The third-order valence-electron chi connectivity index (χ3n) is 6.25. The summed E-state index contributed by atoms with van der Waals surface area (Å²) in [4.78, 5) is 38.2. The van der Waals surface area contributed by atoms with E-state index in [1.54, 1.807) is 31.2 Å². The predicted octanol–water partition coefficient (Wildman–Crippen LogP) is 4.16. The Labute approximate surface area is 184 Å². The zero-order valence-corrected chi connectivity index (χ0v) is 18.4. The molecular formula is C24H34N2O5. The molecule has 1 saturated heterocycles. The number of ether oxygens (including phenoxy) is 2. The molecule has 1 aliphatic heterocycles. The molecule has 1 N–H and O–H groups in total. The normalized spacial score (nSPS) is 17.8. The van der Waals surface area contributed by atoms with Gasteiger partial charge in [0.2, 0.25) is 5.91 Å². The SMILES string of the molecule is CCOC(=O)Oc1ccc(C(=O)N2CCC(CNC(=O)CC3CCCCC3)CC2)cc1. The van der Waals surface area contributed by atoms with Gasteiger partial charge < -0.3 is 19.7 Å². The number of piperidine rings is 1. The predicted molar refractivity (Wildman–Crippen MR) is 117 cm³/mol. The van der Waals surface area contributed by atoms with Crippen LogP contribution in [0.1, 0.15) is 68.6 Å². The maximum absolute atomic E-state index is 12.8. The average Bonchev–Trinajstić information content (AvgIpc) is 2.79. The molecule has 31 heavy (non-hydrogen) atoms. The smallest absolute Gasteiger partial charge is 0.434 e. The highest BCUT2D eigenvalue weighted by Crippen LogP contribution is 2.26. The topological polar surface area (TPSA) is 84.9 Å². The summed E-state index contributed by atoms with van der Waals surface area (Å²) < 4.78 is 9.76. The molecule has 2 fully saturated rings. The van der Waals surface area contributed by atoms with Crippen molar-refractivity contribution in [1.29, 1.82) is 0 Å². The first-order valence-corrected chi connectivity index (χ1v) is 11.6. The van der Waals surface area contributed by atoms with Gasteiger partial charge >= 0.3 is 6.16 Å². The molecule has 7 heteroatoms. The Bertz CT molecular complexity index is 735. The Kier molecular flexibility index (Phi) is 8.74. The van der Waals surface area contributed by atoms with Gasteiger partial charge in [0.15, 0.2) is 0 Å². The average molecular weight is 431 g/mol. The van der Waals surface area contributed by atoms with Crippen LogP contribution in [-0.2, 0) is 9.53 Å². The number of benzene rings is 1. The van der Waals surface area contributed by atoms with Gasteiger partial charge in [0.05, 0.1) is 6.61 Å². The molecule has 0 unspecified atom stereocenters. The second kappa shape index (κ2) is 11.7. The molecule has 0 bridgehead atoms. The molecule has 170 valence electrons. The maximum Gasteiger partial charge on any atom is 0.513 e. The van der Waals surface area contributed by atoms with Crippen molar-refractivity contribution in [2.24, 2.45) is 11.8 Å². The van der Waals surface area contributed by atoms with Crippen LogP contribution < -0.4 is 10.1 Å². The van der Waals surface area contributed by atoms with Crippen molar-refractivity contribution in [1.82, 2.24) is 10.2 Å². The van der Waals surface area contributed by atoms with Crippen LogP contribution in [0.25, 0.3) is 0 Å². The largest absolute Gasteiger partial charge is 0.513 e. The fourth-order valence-corrected chi connectivity index (χ4v) is 4.42. The molecule has 1 saturated carbocycles. The zero-order chi connectivity index (χ0) is 22.1. The van der Waals surface area contributed by atoms with E-state index in [4.69, 9.17) is 9.47 Å². The van der Waals surface area contributed by atoms with Crippen molar-refractivity contribution in [3.8, 4) is 5.75 Å². The maximum atomic E-state index is 12.8. The van der Waals surface area contributed by atoms with E-state index in [1.165, 1.54) is 32.1 Å². The van der Waals surface area contributed by atoms with Gasteiger partial charge in [-0.2, -0.15) is 0 Å². The number of nitrogens with one attached hydrogen (secondary N) is 1. The third-order valence-corrected chi connectivity index (χ3v) is 6.25. The first kappa shape index (κ1) is 23.1. The summed E-state index contributed by atoms with van der Waals surface area (Å²) in [5, 5.41) is 3.11. The second-order valence-electron chi connectivity index (χ2n) is 8.56. The lowest BCUT2D eigenvalue weighted by molar-refractivity contribution is -0.122. The Morgan fingerprint density at radius 3 is 2.29 bits per heavy atom. The molecule has 2 aliphatic rings. The summed E-state index contributed by atoms with van der Waals surface area (Å²) in [5.41, 5.74) is 0.565. The standard InChI is InChI=1S/C24H34N2O5/c1-2-30-24(29)31-21-10-8-20(9-11-21)23(28)26-14-12-19(13-15-26)17-25-22(27)16-18-6-4-3-5-7-18/h8-11,18-19H,2-7,12-17H2,1H3,(H,25,27). The Balaban J connectivity index is 1.38. The van der Waals surface area contributed by atoms with E-state index in [0.29, 0.717) is 49.2 Å². The summed E-state index contributed by atoms with van der Waals surface area (Å²) in [6, 6.07) is 6.51. The van der Waals surface area contributed by atoms with E-state index in [9.17, 15) is 14.4 Å². The second-order valence-corrected chi connectivity index (χ2v) is 8.56. The highest BCUT2D eigenvalue weighted by Gasteiger charge is 2.24. The van der Waals surface area contributed by atoms with Crippen LogP contribution in [0.15, 0.2) is 24.3 Å². The van der Waals surface area contributed by atoms with E-state index in [2.05, 4.69) is 5.32 Å². The number of hydrogen-bond acceptors (Lipinski definition) is 5. The van der Waals surface area contributed by atoms with Gasteiger partial charge in [0, 0.05) is 31.6 Å². The molecule has 1 aromatic carbocycles. The summed E-state index contributed by atoms with van der Waals surface area (Å²) in [5.74, 6) is 1.47. The van der Waals surface area contributed by atoms with E-state index in [0.717, 1.165) is 12.8 Å². The number of carbonyl (C=O) groups is 3. The van der Waals surface area contributed by atoms with Gasteiger partial charge in [-0.1, -0.05) is 19.3 Å². The summed E-state index contributed by atoms with van der Waals surface area (Å²) >= 11 is 0. The van der Waals surface area contributed by atoms with E-state index >= 15 is 0 Å². The van der Waals surface area contributed by atoms with Crippen LogP contribution in [-0.4, -0.2) is 49.1 Å². The molecule has 1 aliphatic carbocycles. The fourth-order valence-electron chi connectivity index (χ4n) is 4.42. The van der Waals surface area contributed by atoms with E-state index in [1.807, 2.05) is 4.90 Å². The minimum Gasteiger partial charge on any atom is -0.434 e. The fraction of sp³-hybridized carbons (Fsp3) is 0.625. The number of nitrogens with zero attached hydrogens (tertiary/aromatic N) is 1. The van der Waals surface area contributed by atoms with Gasteiger partial charge in [-0.05, 0) is 68.7 Å². The minimum absolute atomic E-state index is 0.0255. The molecule has 1 aromatic rings. The summed E-state index contributed by atoms with van der Waals surface area (Å²) in [7, 11) is 0. The van der Waals surface area contributed by atoms with Gasteiger partial charge in [-0.3, -0.25) is 9.59 Å². The van der Waals surface area contributed by atoms with Crippen LogP contribution in [0.5, 0.6) is 5.75 Å². The molecule has 0 spiro atoms. The van der Waals surface area contributed by atoms with Crippen molar-refractivity contribution >= 4 is 18.0 Å². The highest BCUT2D eigenvalue weighted by molar-refractivity contribution is 5.94. The van der Waals surface area contributed by atoms with Gasteiger partial charge in [-0.25, -0.2) is 4.79 Å². The lowest BCUT2D eigenvalue weighted by Crippen LogP contribution is -2.41. The van der Waals surface area contributed by atoms with Crippen LogP contribution in [0.3, 0.4) is 0 Å². The third kappa shape index (κ3) is 7.26. The van der Waals surface area contributed by atoms with Crippen LogP contribution in [0.2, 0.25) is 0 Å². The number of rotatable bonds is 7.